The van der Waals surface area contributed by atoms with E-state index in [0.717, 1.165) is 12.0 Å². The highest BCUT2D eigenvalue weighted by Crippen LogP contribution is 2.15. The van der Waals surface area contributed by atoms with Crippen LogP contribution in [0.3, 0.4) is 0 Å². The molecule has 0 bridgehead atoms. The second-order valence-corrected chi connectivity index (χ2v) is 5.15. The Balaban J connectivity index is 2.42. The van der Waals surface area contributed by atoms with Crippen molar-refractivity contribution in [3.8, 4) is 0 Å². The van der Waals surface area contributed by atoms with E-state index in [1.165, 1.54) is 0 Å². The smallest absolute Gasteiger partial charge is 0.155 e. The Morgan fingerprint density at radius 1 is 1.18 bits per heavy atom. The first-order chi connectivity index (χ1) is 8.08. The SMILES string of the molecule is CC(C)CC(C)CC(=O)/C=C/c1ccccc1. The first-order valence-electron chi connectivity index (χ1n) is 6.34. The fourth-order valence-corrected chi connectivity index (χ4v) is 2.05. The zero-order valence-electron chi connectivity index (χ0n) is 11.0. The molecule has 1 atom stereocenters. The van der Waals surface area contributed by atoms with Gasteiger partial charge in [-0.15, -0.1) is 0 Å². The Labute approximate surface area is 105 Å². The molecule has 1 aromatic carbocycles. The van der Waals surface area contributed by atoms with Crippen LogP contribution in [0.5, 0.6) is 0 Å². The van der Waals surface area contributed by atoms with Crippen molar-refractivity contribution in [3.05, 3.63) is 42.0 Å². The van der Waals surface area contributed by atoms with Crippen LogP contribution in [0.4, 0.5) is 0 Å². The molecule has 0 aliphatic carbocycles. The van der Waals surface area contributed by atoms with Crippen LogP contribution in [0.25, 0.3) is 6.08 Å². The van der Waals surface area contributed by atoms with Gasteiger partial charge in [-0.2, -0.15) is 0 Å². The topological polar surface area (TPSA) is 17.1 Å². The predicted molar refractivity (Wildman–Crippen MR) is 73.7 cm³/mol. The fourth-order valence-electron chi connectivity index (χ4n) is 2.05. The zero-order chi connectivity index (χ0) is 12.7. The van der Waals surface area contributed by atoms with Crippen molar-refractivity contribution in [2.24, 2.45) is 11.8 Å². The van der Waals surface area contributed by atoms with Crippen LogP contribution >= 0.6 is 0 Å². The highest BCUT2D eigenvalue weighted by molar-refractivity contribution is 5.93. The van der Waals surface area contributed by atoms with Gasteiger partial charge in [0.15, 0.2) is 5.78 Å². The van der Waals surface area contributed by atoms with Crippen molar-refractivity contribution in [2.75, 3.05) is 0 Å². The third kappa shape index (κ3) is 6.06. The summed E-state index contributed by atoms with van der Waals surface area (Å²) in [5, 5.41) is 0. The quantitative estimate of drug-likeness (QED) is 0.664. The fraction of sp³-hybridized carbons (Fsp3) is 0.438. The van der Waals surface area contributed by atoms with Crippen molar-refractivity contribution in [1.29, 1.82) is 0 Å². The van der Waals surface area contributed by atoms with Gasteiger partial charge in [-0.05, 0) is 29.9 Å². The van der Waals surface area contributed by atoms with Crippen LogP contribution < -0.4 is 0 Å². The van der Waals surface area contributed by atoms with Crippen molar-refractivity contribution in [2.45, 2.75) is 33.6 Å². The lowest BCUT2D eigenvalue weighted by Crippen LogP contribution is -2.05. The standard InChI is InChI=1S/C16H22O/c1-13(2)11-14(3)12-16(17)10-9-15-7-5-4-6-8-15/h4-10,13-14H,11-12H2,1-3H3/b10-9+. The number of rotatable bonds is 6. The van der Waals surface area contributed by atoms with Crippen LogP contribution in [0.1, 0.15) is 39.2 Å². The molecule has 92 valence electrons. The van der Waals surface area contributed by atoms with Crippen LogP contribution in [-0.2, 0) is 4.79 Å². The summed E-state index contributed by atoms with van der Waals surface area (Å²) in [6.45, 7) is 6.54. The Bertz CT molecular complexity index is 362. The molecule has 1 heteroatoms. The van der Waals surface area contributed by atoms with E-state index in [2.05, 4.69) is 20.8 Å². The molecule has 0 spiro atoms. The third-order valence-electron chi connectivity index (χ3n) is 2.68. The van der Waals surface area contributed by atoms with Gasteiger partial charge in [0.2, 0.25) is 0 Å². The molecule has 1 unspecified atom stereocenters. The van der Waals surface area contributed by atoms with Crippen LogP contribution in [0.15, 0.2) is 36.4 Å². The lowest BCUT2D eigenvalue weighted by molar-refractivity contribution is -0.115. The van der Waals surface area contributed by atoms with E-state index in [4.69, 9.17) is 0 Å². The molecule has 1 nitrogen and oxygen atoms in total. The number of hydrogen-bond acceptors (Lipinski definition) is 1. The molecule has 0 saturated heterocycles. The number of ketones is 1. The molecular weight excluding hydrogens is 208 g/mol. The molecule has 0 radical (unpaired) electrons. The number of hydrogen-bond donors (Lipinski definition) is 0. The van der Waals surface area contributed by atoms with E-state index in [-0.39, 0.29) is 5.78 Å². The summed E-state index contributed by atoms with van der Waals surface area (Å²) in [7, 11) is 0. The van der Waals surface area contributed by atoms with Crippen molar-refractivity contribution < 1.29 is 4.79 Å². The van der Waals surface area contributed by atoms with Gasteiger partial charge in [-0.25, -0.2) is 0 Å². The number of carbonyl (C=O) groups is 1. The summed E-state index contributed by atoms with van der Waals surface area (Å²) in [5.74, 6) is 1.36. The van der Waals surface area contributed by atoms with E-state index >= 15 is 0 Å². The number of allylic oxidation sites excluding steroid dienone is 1. The van der Waals surface area contributed by atoms with Gasteiger partial charge < -0.3 is 0 Å². The van der Waals surface area contributed by atoms with Crippen molar-refractivity contribution in [1.82, 2.24) is 0 Å². The average Bonchev–Trinajstić information content (AvgIpc) is 2.26. The van der Waals surface area contributed by atoms with E-state index < -0.39 is 0 Å². The maximum Gasteiger partial charge on any atom is 0.155 e. The molecule has 0 fully saturated rings. The van der Waals surface area contributed by atoms with E-state index in [0.29, 0.717) is 18.3 Å². The summed E-state index contributed by atoms with van der Waals surface area (Å²) >= 11 is 0. The van der Waals surface area contributed by atoms with Crippen molar-refractivity contribution >= 4 is 11.9 Å². The second kappa shape index (κ2) is 7.05. The number of benzene rings is 1. The minimum Gasteiger partial charge on any atom is -0.295 e. The number of carbonyl (C=O) groups excluding carboxylic acids is 1. The average molecular weight is 230 g/mol. The van der Waals surface area contributed by atoms with Crippen LogP contribution in [0.2, 0.25) is 0 Å². The Morgan fingerprint density at radius 3 is 2.41 bits per heavy atom. The minimum atomic E-state index is 0.224. The van der Waals surface area contributed by atoms with Gasteiger partial charge in [0.05, 0.1) is 0 Å². The molecule has 0 saturated carbocycles. The maximum atomic E-state index is 11.7. The van der Waals surface area contributed by atoms with Gasteiger partial charge in [-0.3, -0.25) is 4.79 Å². The predicted octanol–water partition coefficient (Wildman–Crippen LogP) is 4.34. The Kier molecular flexibility index (Phi) is 5.68. The monoisotopic (exact) mass is 230 g/mol. The highest BCUT2D eigenvalue weighted by Gasteiger charge is 2.08. The molecule has 0 heterocycles. The summed E-state index contributed by atoms with van der Waals surface area (Å²) in [6.07, 6.45) is 5.36. The van der Waals surface area contributed by atoms with E-state index in [1.807, 2.05) is 36.4 Å². The van der Waals surface area contributed by atoms with Gasteiger partial charge >= 0.3 is 0 Å². The summed E-state index contributed by atoms with van der Waals surface area (Å²) < 4.78 is 0. The second-order valence-electron chi connectivity index (χ2n) is 5.15. The van der Waals surface area contributed by atoms with E-state index in [1.54, 1.807) is 6.08 Å². The maximum absolute atomic E-state index is 11.7. The van der Waals surface area contributed by atoms with Gasteiger partial charge in [-0.1, -0.05) is 57.2 Å². The zero-order valence-corrected chi connectivity index (χ0v) is 11.0. The van der Waals surface area contributed by atoms with Crippen molar-refractivity contribution in [3.63, 3.8) is 0 Å². The molecule has 0 aliphatic heterocycles. The van der Waals surface area contributed by atoms with Gasteiger partial charge in [0.25, 0.3) is 0 Å². The molecule has 17 heavy (non-hydrogen) atoms. The summed E-state index contributed by atoms with van der Waals surface area (Å²) in [5.41, 5.74) is 1.08. The Morgan fingerprint density at radius 2 is 1.82 bits per heavy atom. The summed E-state index contributed by atoms with van der Waals surface area (Å²) in [6, 6.07) is 9.93. The Hall–Kier alpha value is -1.37. The molecule has 0 aliphatic rings. The van der Waals surface area contributed by atoms with Gasteiger partial charge in [0.1, 0.15) is 0 Å². The molecular formula is C16H22O. The molecule has 0 amide bonds. The van der Waals surface area contributed by atoms with E-state index in [9.17, 15) is 4.79 Å². The lowest BCUT2D eigenvalue weighted by atomic mass is 9.94. The first-order valence-corrected chi connectivity index (χ1v) is 6.34. The largest absolute Gasteiger partial charge is 0.295 e. The van der Waals surface area contributed by atoms with Gasteiger partial charge in [0, 0.05) is 6.42 Å². The van der Waals surface area contributed by atoms with Crippen LogP contribution in [0, 0.1) is 11.8 Å². The normalized spacial score (nSPS) is 13.2. The van der Waals surface area contributed by atoms with Crippen LogP contribution in [-0.4, -0.2) is 5.78 Å². The molecule has 1 aromatic rings. The highest BCUT2D eigenvalue weighted by atomic mass is 16.1. The summed E-state index contributed by atoms with van der Waals surface area (Å²) in [4.78, 5) is 11.7. The lowest BCUT2D eigenvalue weighted by Gasteiger charge is -2.11. The first kappa shape index (κ1) is 13.7. The molecule has 0 aromatic heterocycles. The minimum absolute atomic E-state index is 0.224. The molecule has 0 N–H and O–H groups in total. The third-order valence-corrected chi connectivity index (χ3v) is 2.68. The molecule has 1 rings (SSSR count).